The van der Waals surface area contributed by atoms with Crippen LogP contribution in [0.2, 0.25) is 5.02 Å². The Bertz CT molecular complexity index is 588. The van der Waals surface area contributed by atoms with Crippen LogP contribution >= 0.6 is 35.1 Å². The zero-order chi connectivity index (χ0) is 18.7. The number of carbonyl (C=O) groups is 2. The van der Waals surface area contributed by atoms with Gasteiger partial charge in [0.2, 0.25) is 0 Å². The maximum absolute atomic E-state index is 12.7. The highest BCUT2D eigenvalue weighted by Gasteiger charge is 2.21. The van der Waals surface area contributed by atoms with E-state index in [4.69, 9.17) is 11.6 Å². The number of halogens is 1. The minimum Gasteiger partial charge on any atom is -0.322 e. The van der Waals surface area contributed by atoms with Crippen molar-refractivity contribution in [3.63, 3.8) is 0 Å². The third kappa shape index (κ3) is 8.34. The fraction of sp³-hybridized carbons (Fsp3) is 0.474. The lowest BCUT2D eigenvalue weighted by molar-refractivity contribution is -0.118. The van der Waals surface area contributed by atoms with Crippen LogP contribution in [0.1, 0.15) is 46.5 Å². The van der Waals surface area contributed by atoms with Gasteiger partial charge < -0.3 is 5.32 Å². The molecular weight excluding hydrogens is 374 g/mol. The summed E-state index contributed by atoms with van der Waals surface area (Å²) < 4.78 is 0.834. The second-order valence-electron chi connectivity index (χ2n) is 5.58. The molecule has 1 aromatic carbocycles. The quantitative estimate of drug-likeness (QED) is 0.210. The number of benzene rings is 1. The Balaban J connectivity index is 2.99. The first-order valence-electron chi connectivity index (χ1n) is 8.57. The van der Waals surface area contributed by atoms with Crippen molar-refractivity contribution in [2.45, 2.75) is 46.5 Å². The van der Waals surface area contributed by atoms with Crippen molar-refractivity contribution in [3.8, 4) is 0 Å². The van der Waals surface area contributed by atoms with E-state index >= 15 is 0 Å². The lowest BCUT2D eigenvalue weighted by Crippen LogP contribution is -2.20. The number of carbonyl (C=O) groups excluding carboxylic acids is 2. The number of Topliss-reactive ketones (excluding diaryl/α,β-unsaturated/α-hetero) is 1. The molecule has 0 saturated heterocycles. The monoisotopic (exact) mass is 399 g/mol. The van der Waals surface area contributed by atoms with Crippen molar-refractivity contribution in [1.82, 2.24) is 0 Å². The molecule has 0 aliphatic heterocycles. The van der Waals surface area contributed by atoms with Crippen LogP contribution < -0.4 is 5.32 Å². The minimum atomic E-state index is -0.349. The van der Waals surface area contributed by atoms with E-state index in [2.05, 4.69) is 19.2 Å². The van der Waals surface area contributed by atoms with E-state index in [0.29, 0.717) is 10.7 Å². The second-order valence-corrected chi connectivity index (χ2v) is 8.49. The summed E-state index contributed by atoms with van der Waals surface area (Å²) in [6.45, 7) is 5.72. The van der Waals surface area contributed by atoms with Gasteiger partial charge in [-0.1, -0.05) is 38.3 Å². The van der Waals surface area contributed by atoms with E-state index in [1.165, 1.54) is 6.92 Å². The van der Waals surface area contributed by atoms with Crippen molar-refractivity contribution in [2.75, 3.05) is 16.8 Å². The summed E-state index contributed by atoms with van der Waals surface area (Å²) in [6.07, 6.45) is 4.30. The fourth-order valence-electron chi connectivity index (χ4n) is 1.93. The smallest absolute Gasteiger partial charge is 0.260 e. The largest absolute Gasteiger partial charge is 0.322 e. The molecule has 0 unspecified atom stereocenters. The van der Waals surface area contributed by atoms with Crippen LogP contribution in [0, 0.1) is 0 Å². The van der Waals surface area contributed by atoms with Crippen molar-refractivity contribution in [2.24, 2.45) is 0 Å². The third-order valence-corrected chi connectivity index (χ3v) is 6.22. The predicted octanol–water partition coefficient (Wildman–Crippen LogP) is 6.15. The van der Waals surface area contributed by atoms with Gasteiger partial charge in [0.25, 0.3) is 5.91 Å². The lowest BCUT2D eigenvalue weighted by Gasteiger charge is -2.13. The first kappa shape index (κ1) is 22.1. The van der Waals surface area contributed by atoms with Crippen molar-refractivity contribution in [1.29, 1.82) is 0 Å². The molecule has 138 valence electrons. The molecule has 0 bridgehead atoms. The summed E-state index contributed by atoms with van der Waals surface area (Å²) in [5.74, 6) is 1.28. The molecule has 6 heteroatoms. The number of hydrogen-bond donors (Lipinski definition) is 1. The molecule has 3 nitrogen and oxygen atoms in total. The van der Waals surface area contributed by atoms with Crippen molar-refractivity contribution < 1.29 is 9.59 Å². The summed E-state index contributed by atoms with van der Waals surface area (Å²) in [7, 11) is 0. The highest BCUT2D eigenvalue weighted by atomic mass is 35.5. The predicted molar refractivity (Wildman–Crippen MR) is 113 cm³/mol. The Kier molecular flexibility index (Phi) is 11.0. The number of anilines is 1. The molecule has 0 atom stereocenters. The Hall–Kier alpha value is -0.910. The highest BCUT2D eigenvalue weighted by Crippen LogP contribution is 2.34. The van der Waals surface area contributed by atoms with Crippen molar-refractivity contribution >= 4 is 52.5 Å². The molecule has 1 rings (SSSR count). The molecular formula is C19H26ClNO2S2. The molecule has 0 aliphatic rings. The lowest BCUT2D eigenvalue weighted by atomic mass is 10.2. The molecule has 0 heterocycles. The summed E-state index contributed by atoms with van der Waals surface area (Å²) in [5, 5.41) is 3.41. The zero-order valence-corrected chi connectivity index (χ0v) is 17.5. The first-order chi connectivity index (χ1) is 12.0. The molecule has 0 spiro atoms. The van der Waals surface area contributed by atoms with E-state index in [0.717, 1.165) is 41.4 Å². The molecule has 1 amide bonds. The van der Waals surface area contributed by atoms with Crippen LogP contribution in [0.4, 0.5) is 5.69 Å². The topological polar surface area (TPSA) is 46.2 Å². The molecule has 0 radical (unpaired) electrons. The third-order valence-electron chi connectivity index (χ3n) is 3.35. The summed E-state index contributed by atoms with van der Waals surface area (Å²) in [5.41, 5.74) is 0.891. The van der Waals surface area contributed by atoms with Crippen LogP contribution in [-0.2, 0) is 9.59 Å². The fourth-order valence-corrected chi connectivity index (χ4v) is 4.89. The number of rotatable bonds is 11. The minimum absolute atomic E-state index is 0.200. The van der Waals surface area contributed by atoms with Gasteiger partial charge in [0.05, 0.1) is 4.24 Å². The van der Waals surface area contributed by atoms with Gasteiger partial charge in [0.1, 0.15) is 5.57 Å². The Morgan fingerprint density at radius 1 is 1.00 bits per heavy atom. The molecule has 0 fully saturated rings. The Labute approximate surface area is 164 Å². The molecule has 0 aliphatic carbocycles. The van der Waals surface area contributed by atoms with Gasteiger partial charge in [-0.2, -0.15) is 0 Å². The molecule has 0 aromatic heterocycles. The molecule has 1 N–H and O–H groups in total. The number of thioether (sulfide) groups is 2. The van der Waals surface area contributed by atoms with E-state index in [1.54, 1.807) is 47.8 Å². The SMILES string of the molecule is CCCCSC(SCCCC)=C(C(C)=O)C(=O)Nc1ccc(Cl)cc1. The second kappa shape index (κ2) is 12.4. The Morgan fingerprint density at radius 2 is 1.52 bits per heavy atom. The maximum Gasteiger partial charge on any atom is 0.260 e. The van der Waals surface area contributed by atoms with Crippen LogP contribution in [0.25, 0.3) is 0 Å². The van der Waals surface area contributed by atoms with Crippen LogP contribution in [0.15, 0.2) is 34.1 Å². The standard InChI is InChI=1S/C19H26ClNO2S2/c1-4-6-12-24-19(25-13-7-5-2)17(14(3)22)18(23)21-16-10-8-15(20)9-11-16/h8-11H,4-7,12-13H2,1-3H3,(H,21,23). The molecule has 1 aromatic rings. The first-order valence-corrected chi connectivity index (χ1v) is 10.9. The summed E-state index contributed by atoms with van der Waals surface area (Å²) in [4.78, 5) is 24.9. The summed E-state index contributed by atoms with van der Waals surface area (Å²) in [6, 6.07) is 6.88. The van der Waals surface area contributed by atoms with E-state index < -0.39 is 0 Å². The summed E-state index contributed by atoms with van der Waals surface area (Å²) >= 11 is 9.10. The van der Waals surface area contributed by atoms with Gasteiger partial charge in [-0.15, -0.1) is 23.5 Å². The number of amides is 1. The average molecular weight is 400 g/mol. The molecule has 0 saturated carbocycles. The van der Waals surface area contributed by atoms with E-state index in [-0.39, 0.29) is 17.3 Å². The molecule has 25 heavy (non-hydrogen) atoms. The van der Waals surface area contributed by atoms with Gasteiger partial charge >= 0.3 is 0 Å². The number of hydrogen-bond acceptors (Lipinski definition) is 4. The van der Waals surface area contributed by atoms with E-state index in [9.17, 15) is 9.59 Å². The number of nitrogens with one attached hydrogen (secondary N) is 1. The van der Waals surface area contributed by atoms with E-state index in [1.807, 2.05) is 0 Å². The highest BCUT2D eigenvalue weighted by molar-refractivity contribution is 8.22. The average Bonchev–Trinajstić information content (AvgIpc) is 2.57. The maximum atomic E-state index is 12.7. The Morgan fingerprint density at radius 3 is 1.96 bits per heavy atom. The van der Waals surface area contributed by atoms with Crippen LogP contribution in [-0.4, -0.2) is 23.2 Å². The number of ketones is 1. The normalized spacial score (nSPS) is 10.4. The van der Waals surface area contributed by atoms with Gasteiger partial charge in [0, 0.05) is 10.7 Å². The van der Waals surface area contributed by atoms with Gasteiger partial charge in [0.15, 0.2) is 5.78 Å². The van der Waals surface area contributed by atoms with Crippen LogP contribution in [0.3, 0.4) is 0 Å². The zero-order valence-electron chi connectivity index (χ0n) is 15.1. The van der Waals surface area contributed by atoms with Crippen LogP contribution in [0.5, 0.6) is 0 Å². The number of unbranched alkanes of at least 4 members (excludes halogenated alkanes) is 2. The van der Waals surface area contributed by atoms with Gasteiger partial charge in [-0.05, 0) is 55.5 Å². The van der Waals surface area contributed by atoms with Crippen molar-refractivity contribution in [3.05, 3.63) is 39.1 Å². The van der Waals surface area contributed by atoms with Gasteiger partial charge in [-0.25, -0.2) is 0 Å². The van der Waals surface area contributed by atoms with Gasteiger partial charge in [-0.3, -0.25) is 9.59 Å².